The van der Waals surface area contributed by atoms with E-state index in [1.165, 1.54) is 19.3 Å². The predicted octanol–water partition coefficient (Wildman–Crippen LogP) is 5.78. The maximum atomic E-state index is 12.2. The lowest BCUT2D eigenvalue weighted by atomic mass is 9.84. The van der Waals surface area contributed by atoms with Gasteiger partial charge in [-0.3, -0.25) is 4.72 Å². The molecule has 0 radical (unpaired) electrons. The van der Waals surface area contributed by atoms with Crippen LogP contribution in [0.25, 0.3) is 16.8 Å². The Morgan fingerprint density at radius 2 is 1.74 bits per heavy atom. The monoisotopic (exact) mass is 490 g/mol. The first-order chi connectivity index (χ1) is 17.0. The Morgan fingerprint density at radius 1 is 1.00 bits per heavy atom. The molecule has 35 heavy (non-hydrogen) atoms. The van der Waals surface area contributed by atoms with Crippen LogP contribution >= 0.6 is 0 Å². The molecule has 8 heteroatoms. The van der Waals surface area contributed by atoms with Crippen LogP contribution in [0, 0.1) is 0 Å². The van der Waals surface area contributed by atoms with E-state index in [0.717, 1.165) is 41.0 Å². The van der Waals surface area contributed by atoms with E-state index in [9.17, 15) is 8.42 Å². The molecule has 0 unspecified atom stereocenters. The van der Waals surface area contributed by atoms with Gasteiger partial charge in [0.1, 0.15) is 18.0 Å². The lowest BCUT2D eigenvalue weighted by molar-refractivity contribution is 0.306. The molecule has 0 spiro atoms. The average molecular weight is 491 g/mol. The molecule has 0 bridgehead atoms. The zero-order valence-corrected chi connectivity index (χ0v) is 20.7. The van der Waals surface area contributed by atoms with Gasteiger partial charge in [-0.25, -0.2) is 17.9 Å². The van der Waals surface area contributed by atoms with Gasteiger partial charge in [0.2, 0.25) is 10.0 Å². The summed E-state index contributed by atoms with van der Waals surface area (Å²) in [6, 6.07) is 18.2. The lowest BCUT2D eigenvalue weighted by Gasteiger charge is -2.25. The van der Waals surface area contributed by atoms with Gasteiger partial charge in [-0.05, 0) is 43.0 Å². The number of aromatic nitrogens is 3. The van der Waals surface area contributed by atoms with Crippen molar-refractivity contribution in [1.29, 1.82) is 0 Å². The van der Waals surface area contributed by atoms with Crippen molar-refractivity contribution in [3.63, 3.8) is 0 Å². The van der Waals surface area contributed by atoms with Crippen molar-refractivity contribution in [2.24, 2.45) is 0 Å². The Labute approximate surface area is 206 Å². The number of anilines is 1. The zero-order valence-electron chi connectivity index (χ0n) is 19.9. The maximum absolute atomic E-state index is 12.2. The van der Waals surface area contributed by atoms with Crippen LogP contribution in [-0.2, 0) is 16.6 Å². The lowest BCUT2D eigenvalue weighted by Crippen LogP contribution is -2.15. The van der Waals surface area contributed by atoms with Gasteiger partial charge in [0.25, 0.3) is 0 Å². The molecule has 1 aliphatic carbocycles. The van der Waals surface area contributed by atoms with Gasteiger partial charge in [-0.1, -0.05) is 61.7 Å². The third kappa shape index (κ3) is 5.17. The van der Waals surface area contributed by atoms with E-state index in [4.69, 9.17) is 4.74 Å². The second kappa shape index (κ2) is 10.1. The molecule has 2 aromatic carbocycles. The first-order valence-electron chi connectivity index (χ1n) is 12.2. The molecule has 182 valence electrons. The molecule has 2 heterocycles. The summed E-state index contributed by atoms with van der Waals surface area (Å²) in [6.07, 6.45) is 9.18. The second-order valence-electron chi connectivity index (χ2n) is 8.99. The smallest absolute Gasteiger partial charge is 0.232 e. The largest absolute Gasteiger partial charge is 0.489 e. The van der Waals surface area contributed by atoms with E-state index in [1.807, 2.05) is 53.2 Å². The molecular weight excluding hydrogens is 460 g/mol. The van der Waals surface area contributed by atoms with E-state index in [-0.39, 0.29) is 5.75 Å². The Hall–Kier alpha value is -3.39. The number of benzene rings is 2. The van der Waals surface area contributed by atoms with Crippen molar-refractivity contribution < 1.29 is 13.2 Å². The maximum Gasteiger partial charge on any atom is 0.232 e. The molecule has 0 saturated heterocycles. The highest BCUT2D eigenvalue weighted by Gasteiger charge is 2.25. The number of hydrogen-bond donors (Lipinski definition) is 1. The number of fused-ring (bicyclic) bond motifs is 1. The summed E-state index contributed by atoms with van der Waals surface area (Å²) in [5.41, 5.74) is 5.23. The van der Waals surface area contributed by atoms with Crippen molar-refractivity contribution in [2.45, 2.75) is 51.6 Å². The Morgan fingerprint density at radius 3 is 2.46 bits per heavy atom. The van der Waals surface area contributed by atoms with E-state index < -0.39 is 10.0 Å². The van der Waals surface area contributed by atoms with Gasteiger partial charge >= 0.3 is 0 Å². The minimum absolute atomic E-state index is 0.00338. The third-order valence-corrected chi connectivity index (χ3v) is 7.91. The third-order valence-electron chi connectivity index (χ3n) is 6.61. The molecule has 5 rings (SSSR count). The molecule has 0 aliphatic heterocycles. The highest BCUT2D eigenvalue weighted by Crippen LogP contribution is 2.39. The molecule has 7 nitrogen and oxygen atoms in total. The van der Waals surface area contributed by atoms with Crippen molar-refractivity contribution in [3.05, 3.63) is 78.2 Å². The van der Waals surface area contributed by atoms with Gasteiger partial charge in [0, 0.05) is 17.7 Å². The topological polar surface area (TPSA) is 85.6 Å². The average Bonchev–Trinajstić information content (AvgIpc) is 3.30. The molecule has 1 N–H and O–H groups in total. The Kier molecular flexibility index (Phi) is 6.72. The van der Waals surface area contributed by atoms with Crippen molar-refractivity contribution in [1.82, 2.24) is 14.6 Å². The summed E-state index contributed by atoms with van der Waals surface area (Å²) in [5.74, 6) is 1.14. The molecule has 0 atom stereocenters. The predicted molar refractivity (Wildman–Crippen MR) is 138 cm³/mol. The fourth-order valence-electron chi connectivity index (χ4n) is 4.72. The van der Waals surface area contributed by atoms with Crippen molar-refractivity contribution in [3.8, 4) is 16.9 Å². The fraction of sp³-hybridized carbons (Fsp3) is 0.333. The van der Waals surface area contributed by atoms with Crippen LogP contribution in [-0.4, -0.2) is 28.8 Å². The van der Waals surface area contributed by atoms with E-state index in [1.54, 1.807) is 13.1 Å². The van der Waals surface area contributed by atoms with Crippen LogP contribution in [0.1, 0.15) is 56.2 Å². The first-order valence-corrected chi connectivity index (χ1v) is 13.8. The van der Waals surface area contributed by atoms with Crippen LogP contribution in [0.4, 0.5) is 5.69 Å². The van der Waals surface area contributed by atoms with E-state index in [2.05, 4.69) is 26.9 Å². The number of rotatable bonds is 8. The number of nitrogens with zero attached hydrogens (tertiary/aromatic N) is 3. The van der Waals surface area contributed by atoms with E-state index >= 15 is 0 Å². The van der Waals surface area contributed by atoms with Crippen LogP contribution in [0.3, 0.4) is 0 Å². The molecule has 2 aromatic heterocycles. The number of sulfonamides is 1. The highest BCUT2D eigenvalue weighted by molar-refractivity contribution is 7.92. The summed E-state index contributed by atoms with van der Waals surface area (Å²) in [7, 11) is -3.42. The van der Waals surface area contributed by atoms with Crippen LogP contribution in [0.15, 0.2) is 67.0 Å². The molecule has 1 aliphatic rings. The van der Waals surface area contributed by atoms with E-state index in [0.29, 0.717) is 23.9 Å². The van der Waals surface area contributed by atoms with Gasteiger partial charge < -0.3 is 4.74 Å². The number of hydrogen-bond acceptors (Lipinski definition) is 5. The summed E-state index contributed by atoms with van der Waals surface area (Å²) in [6.45, 7) is 2.13. The zero-order chi connectivity index (χ0) is 24.3. The SMILES string of the molecule is CCS(=O)(=O)Nc1cnn2c(C3CCCCC3)c(-c3ccc(OCc4ccccc4)cc3)cnc12. The van der Waals surface area contributed by atoms with Gasteiger partial charge in [0.15, 0.2) is 5.65 Å². The van der Waals surface area contributed by atoms with Crippen LogP contribution in [0.2, 0.25) is 0 Å². The Balaban J connectivity index is 1.49. The van der Waals surface area contributed by atoms with Gasteiger partial charge in [0.05, 0.1) is 17.6 Å². The van der Waals surface area contributed by atoms with Gasteiger partial charge in [-0.15, -0.1) is 0 Å². The quantitative estimate of drug-likeness (QED) is 0.338. The second-order valence-corrected chi connectivity index (χ2v) is 11.0. The number of ether oxygens (including phenoxy) is 1. The summed E-state index contributed by atoms with van der Waals surface area (Å²) < 4.78 is 34.8. The molecule has 1 saturated carbocycles. The molecule has 1 fully saturated rings. The first kappa shape index (κ1) is 23.4. The summed E-state index contributed by atoms with van der Waals surface area (Å²) in [4.78, 5) is 4.63. The van der Waals surface area contributed by atoms with Crippen molar-refractivity contribution >= 4 is 21.4 Å². The number of nitrogens with one attached hydrogen (secondary N) is 1. The van der Waals surface area contributed by atoms with Gasteiger partial charge in [-0.2, -0.15) is 5.10 Å². The molecular formula is C27H30N4O3S. The summed E-state index contributed by atoms with van der Waals surface area (Å²) >= 11 is 0. The van der Waals surface area contributed by atoms with Crippen LogP contribution < -0.4 is 9.46 Å². The minimum atomic E-state index is -3.42. The molecule has 0 amide bonds. The summed E-state index contributed by atoms with van der Waals surface area (Å²) in [5, 5.41) is 4.58. The van der Waals surface area contributed by atoms with Crippen molar-refractivity contribution in [2.75, 3.05) is 10.5 Å². The normalized spacial score (nSPS) is 14.8. The fourth-order valence-corrected chi connectivity index (χ4v) is 5.35. The molecule has 4 aromatic rings. The van der Waals surface area contributed by atoms with Crippen LogP contribution in [0.5, 0.6) is 5.75 Å². The standard InChI is InChI=1S/C27H30N4O3S/c1-2-35(32,33)30-25-18-29-31-26(22-11-7-4-8-12-22)24(17-28-27(25)31)21-13-15-23(16-14-21)34-19-20-9-5-3-6-10-20/h3,5-6,9-10,13-18,22,30H,2,4,7-8,11-12,19H2,1H3. The highest BCUT2D eigenvalue weighted by atomic mass is 32.2. The Bertz CT molecular complexity index is 1390. The minimum Gasteiger partial charge on any atom is -0.489 e.